The molecular formula is C26H24N4O3. The number of hydrogen-bond acceptors (Lipinski definition) is 4. The van der Waals surface area contributed by atoms with E-state index in [0.717, 1.165) is 11.3 Å². The van der Waals surface area contributed by atoms with Crippen LogP contribution in [0.15, 0.2) is 85.1 Å². The summed E-state index contributed by atoms with van der Waals surface area (Å²) in [5.74, 6) is 0.268. The summed E-state index contributed by atoms with van der Waals surface area (Å²) in [6, 6.07) is 24.1. The van der Waals surface area contributed by atoms with Crippen LogP contribution in [0.3, 0.4) is 0 Å². The number of hydrogen-bond donors (Lipinski definition) is 2. The zero-order valence-corrected chi connectivity index (χ0v) is 18.4. The summed E-state index contributed by atoms with van der Waals surface area (Å²) in [5, 5.41) is 10.4. The molecule has 7 nitrogen and oxygen atoms in total. The minimum absolute atomic E-state index is 0.0945. The first-order valence-corrected chi connectivity index (χ1v) is 10.6. The Morgan fingerprint density at radius 1 is 0.909 bits per heavy atom. The number of nitrogens with one attached hydrogen (secondary N) is 2. The second kappa shape index (κ2) is 9.82. The quantitative estimate of drug-likeness (QED) is 0.416. The number of ether oxygens (including phenoxy) is 1. The van der Waals surface area contributed by atoms with E-state index in [-0.39, 0.29) is 11.8 Å². The van der Waals surface area contributed by atoms with Gasteiger partial charge in [-0.3, -0.25) is 9.59 Å². The first kappa shape index (κ1) is 21.8. The van der Waals surface area contributed by atoms with Gasteiger partial charge in [-0.25, -0.2) is 4.68 Å². The number of carbonyl (C=O) groups excluding carboxylic acids is 2. The second-order valence-electron chi connectivity index (χ2n) is 7.34. The zero-order valence-electron chi connectivity index (χ0n) is 18.4. The highest BCUT2D eigenvalue weighted by Gasteiger charge is 2.19. The van der Waals surface area contributed by atoms with Gasteiger partial charge in [-0.2, -0.15) is 5.10 Å². The second-order valence-corrected chi connectivity index (χ2v) is 7.34. The Labute approximate surface area is 192 Å². The number of rotatable bonds is 7. The molecule has 0 spiro atoms. The van der Waals surface area contributed by atoms with Gasteiger partial charge < -0.3 is 15.4 Å². The molecule has 0 saturated heterocycles. The summed E-state index contributed by atoms with van der Waals surface area (Å²) in [7, 11) is 1.60. The molecule has 7 heteroatoms. The number of aromatic nitrogens is 2. The number of para-hydroxylation sites is 1. The van der Waals surface area contributed by atoms with Gasteiger partial charge in [-0.05, 0) is 42.5 Å². The topological polar surface area (TPSA) is 85.3 Å². The lowest BCUT2D eigenvalue weighted by molar-refractivity contribution is -0.115. The van der Waals surface area contributed by atoms with Crippen LogP contribution in [0.1, 0.15) is 23.7 Å². The highest BCUT2D eigenvalue weighted by molar-refractivity contribution is 6.08. The highest BCUT2D eigenvalue weighted by atomic mass is 16.5. The molecule has 4 aromatic rings. The van der Waals surface area contributed by atoms with E-state index in [2.05, 4.69) is 10.6 Å². The lowest BCUT2D eigenvalue weighted by Gasteiger charge is -2.09. The fraction of sp³-hybridized carbons (Fsp3) is 0.115. The molecule has 33 heavy (non-hydrogen) atoms. The standard InChI is InChI=1S/C26H24N4O3/c1-3-24(31)27-19-10-8-11-20(16-19)28-26(32)23-17-30(21-12-5-4-6-13-21)29-25(23)18-9-7-14-22(15-18)33-2/h4-17H,3H2,1-2H3,(H,27,31)(H,28,32). The molecule has 0 unspecified atom stereocenters. The van der Waals surface area contributed by atoms with Gasteiger partial charge in [0.1, 0.15) is 11.4 Å². The maximum atomic E-state index is 13.3. The van der Waals surface area contributed by atoms with Gasteiger partial charge >= 0.3 is 0 Å². The third kappa shape index (κ3) is 5.10. The van der Waals surface area contributed by atoms with Crippen molar-refractivity contribution in [3.8, 4) is 22.7 Å². The molecule has 0 saturated carbocycles. The average molecular weight is 441 g/mol. The Balaban J connectivity index is 1.70. The summed E-state index contributed by atoms with van der Waals surface area (Å²) in [4.78, 5) is 25.0. The molecule has 2 amide bonds. The largest absolute Gasteiger partial charge is 0.497 e. The van der Waals surface area contributed by atoms with Crippen LogP contribution in [-0.2, 0) is 4.79 Å². The molecular weight excluding hydrogens is 416 g/mol. The molecule has 0 aliphatic carbocycles. The highest BCUT2D eigenvalue weighted by Crippen LogP contribution is 2.28. The molecule has 166 valence electrons. The fourth-order valence-electron chi connectivity index (χ4n) is 3.36. The monoisotopic (exact) mass is 440 g/mol. The third-order valence-electron chi connectivity index (χ3n) is 5.05. The van der Waals surface area contributed by atoms with Crippen molar-refractivity contribution in [1.29, 1.82) is 0 Å². The minimum Gasteiger partial charge on any atom is -0.497 e. The van der Waals surface area contributed by atoms with E-state index in [1.165, 1.54) is 0 Å². The lowest BCUT2D eigenvalue weighted by atomic mass is 10.1. The van der Waals surface area contributed by atoms with Gasteiger partial charge in [0.05, 0.1) is 18.4 Å². The Morgan fingerprint density at radius 2 is 1.64 bits per heavy atom. The summed E-state index contributed by atoms with van der Waals surface area (Å²) in [5.41, 5.74) is 3.73. The number of amides is 2. The van der Waals surface area contributed by atoms with E-state index in [9.17, 15) is 9.59 Å². The molecule has 1 heterocycles. The van der Waals surface area contributed by atoms with Crippen LogP contribution in [0.25, 0.3) is 16.9 Å². The predicted molar refractivity (Wildman–Crippen MR) is 129 cm³/mol. The number of nitrogens with zero attached hydrogens (tertiary/aromatic N) is 2. The fourth-order valence-corrected chi connectivity index (χ4v) is 3.36. The lowest BCUT2D eigenvalue weighted by Crippen LogP contribution is -2.13. The minimum atomic E-state index is -0.311. The molecule has 4 rings (SSSR count). The van der Waals surface area contributed by atoms with Crippen molar-refractivity contribution in [3.63, 3.8) is 0 Å². The molecule has 0 atom stereocenters. The first-order valence-electron chi connectivity index (χ1n) is 10.6. The molecule has 0 bridgehead atoms. The maximum absolute atomic E-state index is 13.3. The summed E-state index contributed by atoms with van der Waals surface area (Å²) < 4.78 is 7.03. The van der Waals surface area contributed by atoms with Crippen molar-refractivity contribution in [2.75, 3.05) is 17.7 Å². The number of methoxy groups -OCH3 is 1. The van der Waals surface area contributed by atoms with E-state index in [0.29, 0.717) is 34.8 Å². The van der Waals surface area contributed by atoms with E-state index in [4.69, 9.17) is 9.84 Å². The van der Waals surface area contributed by atoms with Gasteiger partial charge in [0.15, 0.2) is 0 Å². The van der Waals surface area contributed by atoms with Crippen LogP contribution >= 0.6 is 0 Å². The van der Waals surface area contributed by atoms with Crippen LogP contribution in [0.4, 0.5) is 11.4 Å². The van der Waals surface area contributed by atoms with Gasteiger partial charge in [-0.1, -0.05) is 43.3 Å². The molecule has 0 aliphatic heterocycles. The molecule has 0 fully saturated rings. The van der Waals surface area contributed by atoms with Crippen LogP contribution < -0.4 is 15.4 Å². The van der Waals surface area contributed by atoms with Crippen molar-refractivity contribution in [3.05, 3.63) is 90.6 Å². The first-order chi connectivity index (χ1) is 16.1. The number of benzene rings is 3. The average Bonchev–Trinajstić information content (AvgIpc) is 3.31. The van der Waals surface area contributed by atoms with Crippen molar-refractivity contribution < 1.29 is 14.3 Å². The number of anilines is 2. The van der Waals surface area contributed by atoms with Crippen LogP contribution in [-0.4, -0.2) is 28.7 Å². The third-order valence-corrected chi connectivity index (χ3v) is 5.05. The Hall–Kier alpha value is -4.39. The van der Waals surface area contributed by atoms with E-state index >= 15 is 0 Å². The molecule has 3 aromatic carbocycles. The molecule has 0 radical (unpaired) electrons. The van der Waals surface area contributed by atoms with Crippen LogP contribution in [0, 0.1) is 0 Å². The van der Waals surface area contributed by atoms with Crippen LogP contribution in [0.5, 0.6) is 5.75 Å². The number of carbonyl (C=O) groups is 2. The zero-order chi connectivity index (χ0) is 23.2. The molecule has 1 aromatic heterocycles. The van der Waals surface area contributed by atoms with E-state index < -0.39 is 0 Å². The van der Waals surface area contributed by atoms with Gasteiger partial charge in [-0.15, -0.1) is 0 Å². The van der Waals surface area contributed by atoms with Crippen molar-refractivity contribution >= 4 is 23.2 Å². The molecule has 0 aliphatic rings. The summed E-state index contributed by atoms with van der Waals surface area (Å²) in [6.45, 7) is 1.78. The summed E-state index contributed by atoms with van der Waals surface area (Å²) >= 11 is 0. The Bertz CT molecular complexity index is 1280. The Kier molecular flexibility index (Phi) is 6.50. The normalized spacial score (nSPS) is 10.5. The smallest absolute Gasteiger partial charge is 0.259 e. The van der Waals surface area contributed by atoms with E-state index in [1.807, 2.05) is 54.6 Å². The van der Waals surface area contributed by atoms with Crippen molar-refractivity contribution in [1.82, 2.24) is 9.78 Å². The van der Waals surface area contributed by atoms with Gasteiger partial charge in [0, 0.05) is 29.6 Å². The maximum Gasteiger partial charge on any atom is 0.259 e. The predicted octanol–water partition coefficient (Wildman–Crippen LogP) is 5.15. The van der Waals surface area contributed by atoms with Crippen molar-refractivity contribution in [2.45, 2.75) is 13.3 Å². The van der Waals surface area contributed by atoms with Gasteiger partial charge in [0.2, 0.25) is 5.91 Å². The van der Waals surface area contributed by atoms with Crippen LogP contribution in [0.2, 0.25) is 0 Å². The SMILES string of the molecule is CCC(=O)Nc1cccc(NC(=O)c2cn(-c3ccccc3)nc2-c2cccc(OC)c2)c1. The Morgan fingerprint density at radius 3 is 2.36 bits per heavy atom. The van der Waals surface area contributed by atoms with Crippen molar-refractivity contribution in [2.24, 2.45) is 0 Å². The van der Waals surface area contributed by atoms with Gasteiger partial charge in [0.25, 0.3) is 5.91 Å². The summed E-state index contributed by atoms with van der Waals surface area (Å²) in [6.07, 6.45) is 2.08. The molecule has 2 N–H and O–H groups in total. The van der Waals surface area contributed by atoms with E-state index in [1.54, 1.807) is 49.2 Å².